The van der Waals surface area contributed by atoms with Crippen LogP contribution in [0.4, 0.5) is 0 Å². The van der Waals surface area contributed by atoms with Gasteiger partial charge in [0.25, 0.3) is 0 Å². The van der Waals surface area contributed by atoms with Gasteiger partial charge < -0.3 is 0 Å². The fraction of sp³-hybridized carbons (Fsp3) is 0.688. The molecule has 2 heterocycles. The van der Waals surface area contributed by atoms with Crippen molar-refractivity contribution < 1.29 is 18.3 Å². The number of hydrogen-bond donors (Lipinski definition) is 0. The molecule has 214 valence electrons. The van der Waals surface area contributed by atoms with E-state index in [-0.39, 0.29) is 0 Å². The molecule has 4 nitrogen and oxygen atoms in total. The van der Waals surface area contributed by atoms with Crippen LogP contribution in [0.25, 0.3) is 21.9 Å². The number of furan rings is 2. The summed E-state index contributed by atoms with van der Waals surface area (Å²) in [5.74, 6) is 3.23. The maximum atomic E-state index is 6.65. The fourth-order valence-electron chi connectivity index (χ4n) is 4.74. The molecule has 0 amide bonds. The molecule has 0 aliphatic carbocycles. The molecule has 0 radical (unpaired) electrons. The van der Waals surface area contributed by atoms with Crippen LogP contribution in [0.2, 0.25) is 29.6 Å². The predicted octanol–water partition coefficient (Wildman–Crippen LogP) is 9.46. The minimum absolute atomic E-state index is 0.701. The van der Waals surface area contributed by atoms with Crippen molar-refractivity contribution in [2.45, 2.75) is 109 Å². The first-order chi connectivity index (χ1) is 17.8. The van der Waals surface area contributed by atoms with E-state index in [9.17, 15) is 0 Å². The van der Waals surface area contributed by atoms with E-state index in [4.69, 9.17) is 18.3 Å². The SMILES string of the molecule is CC(C)CCCCCOc1c2c[c]([Sn]([CH3])([CH3])[CH3])oc2c(OCCCCCC(C)C)c2c[c]([Sn]([CH3])([CH3])[CH3])oc12. The first-order valence-corrected chi connectivity index (χ1v) is 35.1. The molecule has 3 aromatic rings. The molecule has 0 aliphatic heterocycles. The Balaban J connectivity index is 1.98. The van der Waals surface area contributed by atoms with Gasteiger partial charge in [-0.1, -0.05) is 0 Å². The van der Waals surface area contributed by atoms with Gasteiger partial charge in [-0.3, -0.25) is 0 Å². The molecule has 0 spiro atoms. The molecule has 0 saturated carbocycles. The van der Waals surface area contributed by atoms with Crippen LogP contribution in [-0.4, -0.2) is 50.0 Å². The third kappa shape index (κ3) is 8.75. The second-order valence-corrected chi connectivity index (χ2v) is 42.5. The van der Waals surface area contributed by atoms with E-state index in [0.29, 0.717) is 13.2 Å². The van der Waals surface area contributed by atoms with Crippen molar-refractivity contribution in [3.63, 3.8) is 0 Å². The molecule has 0 saturated heterocycles. The number of ether oxygens (including phenoxy) is 2. The van der Waals surface area contributed by atoms with Crippen molar-refractivity contribution >= 4 is 66.2 Å². The van der Waals surface area contributed by atoms with E-state index in [1.165, 1.54) is 38.5 Å². The van der Waals surface area contributed by atoms with Gasteiger partial charge in [0.05, 0.1) is 0 Å². The van der Waals surface area contributed by atoms with Crippen LogP contribution in [0, 0.1) is 11.8 Å². The molecule has 1 aromatic carbocycles. The number of benzene rings is 1. The molecule has 0 atom stereocenters. The number of fused-ring (bicyclic) bond motifs is 2. The van der Waals surface area contributed by atoms with Crippen molar-refractivity contribution in [2.24, 2.45) is 11.8 Å². The van der Waals surface area contributed by atoms with Crippen molar-refractivity contribution in [1.29, 1.82) is 0 Å². The van der Waals surface area contributed by atoms with Crippen LogP contribution in [0.3, 0.4) is 0 Å². The topological polar surface area (TPSA) is 44.7 Å². The number of rotatable bonds is 16. The molecular weight excluding hydrogens is 686 g/mol. The first kappa shape index (κ1) is 32.0. The molecule has 0 aliphatic rings. The van der Waals surface area contributed by atoms with Crippen LogP contribution >= 0.6 is 0 Å². The zero-order chi connectivity index (χ0) is 28.1. The van der Waals surface area contributed by atoms with Crippen LogP contribution in [0.15, 0.2) is 21.0 Å². The monoisotopic (exact) mass is 742 g/mol. The quantitative estimate of drug-likeness (QED) is 0.109. The molecule has 2 aromatic heterocycles. The van der Waals surface area contributed by atoms with Gasteiger partial charge in [0.15, 0.2) is 0 Å². The second kappa shape index (κ2) is 13.9. The number of unbranched alkanes of at least 4 members (excludes halogenated alkanes) is 4. The van der Waals surface area contributed by atoms with Crippen molar-refractivity contribution in [3.8, 4) is 11.5 Å². The van der Waals surface area contributed by atoms with Gasteiger partial charge in [-0.25, -0.2) is 0 Å². The molecule has 0 bridgehead atoms. The molecule has 0 N–H and O–H groups in total. The zero-order valence-electron chi connectivity index (χ0n) is 26.0. The second-order valence-electron chi connectivity index (χ2n) is 14.0. The van der Waals surface area contributed by atoms with Gasteiger partial charge in [0.2, 0.25) is 0 Å². The Kier molecular flexibility index (Phi) is 11.7. The number of hydrogen-bond acceptors (Lipinski definition) is 4. The summed E-state index contributed by atoms with van der Waals surface area (Å²) in [5, 5.41) is 2.06. The third-order valence-corrected chi connectivity index (χ3v) is 17.0. The molecule has 3 rings (SSSR count). The summed E-state index contributed by atoms with van der Waals surface area (Å²) >= 11 is -4.95. The Hall–Kier alpha value is -0.503. The summed E-state index contributed by atoms with van der Waals surface area (Å²) in [6.07, 6.45) is 9.57. The van der Waals surface area contributed by atoms with Crippen molar-refractivity contribution in [2.75, 3.05) is 13.2 Å². The van der Waals surface area contributed by atoms with Crippen LogP contribution in [0.1, 0.15) is 79.1 Å². The van der Waals surface area contributed by atoms with Gasteiger partial charge >= 0.3 is 242 Å². The molecule has 38 heavy (non-hydrogen) atoms. The van der Waals surface area contributed by atoms with Gasteiger partial charge in [0.1, 0.15) is 0 Å². The molecule has 0 unspecified atom stereocenters. The summed E-state index contributed by atoms with van der Waals surface area (Å²) in [5.41, 5.74) is 1.71. The van der Waals surface area contributed by atoms with Crippen molar-refractivity contribution in [1.82, 2.24) is 0 Å². The maximum absolute atomic E-state index is 6.65. The van der Waals surface area contributed by atoms with Crippen LogP contribution in [0.5, 0.6) is 11.5 Å². The Morgan fingerprint density at radius 1 is 0.579 bits per heavy atom. The Morgan fingerprint density at radius 2 is 0.947 bits per heavy atom. The van der Waals surface area contributed by atoms with Gasteiger partial charge in [-0.15, -0.1) is 0 Å². The predicted molar refractivity (Wildman–Crippen MR) is 170 cm³/mol. The van der Waals surface area contributed by atoms with Crippen molar-refractivity contribution in [3.05, 3.63) is 12.1 Å². The average molecular weight is 740 g/mol. The third-order valence-electron chi connectivity index (χ3n) is 7.19. The van der Waals surface area contributed by atoms with Gasteiger partial charge in [-0.05, 0) is 0 Å². The normalized spacial score (nSPS) is 12.9. The van der Waals surface area contributed by atoms with E-state index >= 15 is 0 Å². The summed E-state index contributed by atoms with van der Waals surface area (Å²) in [6, 6.07) is 4.49. The summed E-state index contributed by atoms with van der Waals surface area (Å²) in [4.78, 5) is 14.4. The van der Waals surface area contributed by atoms with E-state index in [2.05, 4.69) is 69.5 Å². The van der Waals surface area contributed by atoms with Crippen LogP contribution in [-0.2, 0) is 0 Å². The summed E-state index contributed by atoms with van der Waals surface area (Å²) < 4.78 is 28.7. The molecule has 6 heteroatoms. The van der Waals surface area contributed by atoms with E-state index < -0.39 is 36.8 Å². The molecular formula is C32H54O4Sn2. The fourth-order valence-corrected chi connectivity index (χ4v) is 10.4. The van der Waals surface area contributed by atoms with Gasteiger partial charge in [0, 0.05) is 0 Å². The Labute approximate surface area is 240 Å². The Bertz CT molecular complexity index is 1010. The average Bonchev–Trinajstić information content (AvgIpc) is 3.44. The van der Waals surface area contributed by atoms with E-state index in [1.807, 2.05) is 0 Å². The zero-order valence-corrected chi connectivity index (χ0v) is 31.7. The summed E-state index contributed by atoms with van der Waals surface area (Å²) in [6.45, 7) is 10.6. The molecule has 0 fully saturated rings. The van der Waals surface area contributed by atoms with Gasteiger partial charge in [-0.2, -0.15) is 0 Å². The first-order valence-electron chi connectivity index (χ1n) is 15.1. The Morgan fingerprint density at radius 3 is 1.26 bits per heavy atom. The standard InChI is InChI=1S/C26H36O4.6CH3.2Sn/c1-19(2)11-7-5-9-15-27-23-21-13-17-30-26(21)24(22-14-18-29-25(22)23)28-16-10-6-8-12-20(3)4;;;;;;;;/h13-14,19-20H,5-12,15-16H2,1-4H3;6*1H3;;. The summed E-state index contributed by atoms with van der Waals surface area (Å²) in [7, 11) is 0. The van der Waals surface area contributed by atoms with E-state index in [1.54, 1.807) is 0 Å². The van der Waals surface area contributed by atoms with E-state index in [0.717, 1.165) is 65.7 Å². The minimum atomic E-state index is -2.47. The van der Waals surface area contributed by atoms with Crippen LogP contribution < -0.4 is 17.0 Å².